The van der Waals surface area contributed by atoms with Gasteiger partial charge in [0.2, 0.25) is 5.95 Å². The average molecular weight is 234 g/mol. The number of aryl methyl sites for hydroxylation is 1. The molecule has 0 amide bonds. The van der Waals surface area contributed by atoms with Crippen LogP contribution in [-0.4, -0.2) is 9.97 Å². The standard InChI is InChI=1S/C12H12ClN3/c1-2-9-8-10(13)4-5-11(9)16-12-14-6-3-7-15-12/h3-8H,2H2,1H3,(H,14,15,16). The van der Waals surface area contributed by atoms with Gasteiger partial charge < -0.3 is 5.32 Å². The van der Waals surface area contributed by atoms with Gasteiger partial charge in [-0.3, -0.25) is 0 Å². The van der Waals surface area contributed by atoms with E-state index in [1.165, 1.54) is 0 Å². The summed E-state index contributed by atoms with van der Waals surface area (Å²) in [4.78, 5) is 8.23. The maximum Gasteiger partial charge on any atom is 0.227 e. The zero-order valence-corrected chi connectivity index (χ0v) is 9.70. The quantitative estimate of drug-likeness (QED) is 0.883. The zero-order valence-electron chi connectivity index (χ0n) is 8.94. The van der Waals surface area contributed by atoms with Crippen molar-refractivity contribution in [1.82, 2.24) is 9.97 Å². The Labute approximate surface area is 99.5 Å². The van der Waals surface area contributed by atoms with Crippen molar-refractivity contribution in [1.29, 1.82) is 0 Å². The summed E-state index contributed by atoms with van der Waals surface area (Å²) in [7, 11) is 0. The second-order valence-corrected chi connectivity index (χ2v) is 3.79. The van der Waals surface area contributed by atoms with Crippen molar-refractivity contribution in [3.8, 4) is 0 Å². The van der Waals surface area contributed by atoms with E-state index >= 15 is 0 Å². The van der Waals surface area contributed by atoms with Crippen molar-refractivity contribution in [2.45, 2.75) is 13.3 Å². The number of nitrogens with zero attached hydrogens (tertiary/aromatic N) is 2. The van der Waals surface area contributed by atoms with Crippen LogP contribution in [0, 0.1) is 0 Å². The Hall–Kier alpha value is -1.61. The van der Waals surface area contributed by atoms with Gasteiger partial charge in [0.25, 0.3) is 0 Å². The molecule has 0 unspecified atom stereocenters. The second kappa shape index (κ2) is 4.94. The molecule has 4 heteroatoms. The largest absolute Gasteiger partial charge is 0.324 e. The first-order valence-electron chi connectivity index (χ1n) is 5.12. The van der Waals surface area contributed by atoms with Crippen LogP contribution >= 0.6 is 11.6 Å². The van der Waals surface area contributed by atoms with Crippen molar-refractivity contribution < 1.29 is 0 Å². The molecule has 0 radical (unpaired) electrons. The lowest BCUT2D eigenvalue weighted by Crippen LogP contribution is -1.98. The van der Waals surface area contributed by atoms with Gasteiger partial charge in [0.05, 0.1) is 0 Å². The molecule has 0 aliphatic heterocycles. The predicted octanol–water partition coefficient (Wildman–Crippen LogP) is 3.44. The first-order valence-corrected chi connectivity index (χ1v) is 5.50. The fraction of sp³-hybridized carbons (Fsp3) is 0.167. The summed E-state index contributed by atoms with van der Waals surface area (Å²) in [6.45, 7) is 2.09. The number of hydrogen-bond acceptors (Lipinski definition) is 3. The number of rotatable bonds is 3. The molecule has 1 heterocycles. The van der Waals surface area contributed by atoms with Crippen LogP contribution in [0.1, 0.15) is 12.5 Å². The first kappa shape index (κ1) is 10.9. The Balaban J connectivity index is 2.28. The van der Waals surface area contributed by atoms with Crippen LogP contribution < -0.4 is 5.32 Å². The van der Waals surface area contributed by atoms with E-state index in [4.69, 9.17) is 11.6 Å². The lowest BCUT2D eigenvalue weighted by Gasteiger charge is -2.09. The summed E-state index contributed by atoms with van der Waals surface area (Å²) in [6, 6.07) is 7.53. The molecule has 16 heavy (non-hydrogen) atoms. The summed E-state index contributed by atoms with van der Waals surface area (Å²) in [5.41, 5.74) is 2.15. The van der Waals surface area contributed by atoms with Crippen LogP contribution in [0.3, 0.4) is 0 Å². The molecule has 0 spiro atoms. The Morgan fingerprint density at radius 3 is 2.69 bits per heavy atom. The van der Waals surface area contributed by atoms with E-state index in [2.05, 4.69) is 22.2 Å². The van der Waals surface area contributed by atoms with Crippen LogP contribution in [0.4, 0.5) is 11.6 Å². The van der Waals surface area contributed by atoms with Gasteiger partial charge in [0.15, 0.2) is 0 Å². The minimum absolute atomic E-state index is 0.597. The third kappa shape index (κ3) is 2.49. The molecule has 0 atom stereocenters. The van der Waals surface area contributed by atoms with Crippen LogP contribution in [0.25, 0.3) is 0 Å². The molecule has 1 aromatic heterocycles. The molecule has 0 aliphatic carbocycles. The smallest absolute Gasteiger partial charge is 0.227 e. The van der Waals surface area contributed by atoms with Crippen molar-refractivity contribution in [3.63, 3.8) is 0 Å². The van der Waals surface area contributed by atoms with Gasteiger partial charge >= 0.3 is 0 Å². The second-order valence-electron chi connectivity index (χ2n) is 3.35. The molecular weight excluding hydrogens is 222 g/mol. The summed E-state index contributed by atoms with van der Waals surface area (Å²) in [6.07, 6.45) is 4.32. The highest BCUT2D eigenvalue weighted by Gasteiger charge is 2.03. The maximum absolute atomic E-state index is 5.94. The van der Waals surface area contributed by atoms with Gasteiger partial charge in [-0.05, 0) is 36.2 Å². The minimum Gasteiger partial charge on any atom is -0.324 e. The number of aromatic nitrogens is 2. The Morgan fingerprint density at radius 2 is 2.00 bits per heavy atom. The molecule has 0 saturated heterocycles. The predicted molar refractivity (Wildman–Crippen MR) is 66.1 cm³/mol. The normalized spacial score (nSPS) is 10.1. The van der Waals surface area contributed by atoms with Crippen LogP contribution in [0.2, 0.25) is 5.02 Å². The third-order valence-corrected chi connectivity index (χ3v) is 2.50. The number of nitrogens with one attached hydrogen (secondary N) is 1. The average Bonchev–Trinajstić information content (AvgIpc) is 2.33. The molecule has 2 rings (SSSR count). The van der Waals surface area contributed by atoms with Crippen molar-refractivity contribution >= 4 is 23.2 Å². The third-order valence-electron chi connectivity index (χ3n) is 2.26. The summed E-state index contributed by atoms with van der Waals surface area (Å²) < 4.78 is 0. The number of benzene rings is 1. The molecule has 0 saturated carbocycles. The van der Waals surface area contributed by atoms with Crippen molar-refractivity contribution in [2.75, 3.05) is 5.32 Å². The van der Waals surface area contributed by atoms with Crippen LogP contribution in [0.5, 0.6) is 0 Å². The fourth-order valence-corrected chi connectivity index (χ4v) is 1.66. The minimum atomic E-state index is 0.597. The molecule has 3 nitrogen and oxygen atoms in total. The van der Waals surface area contributed by atoms with Crippen molar-refractivity contribution in [3.05, 3.63) is 47.2 Å². The van der Waals surface area contributed by atoms with E-state index in [0.717, 1.165) is 22.7 Å². The molecule has 82 valence electrons. The maximum atomic E-state index is 5.94. The molecule has 2 aromatic rings. The van der Waals surface area contributed by atoms with E-state index in [1.807, 2.05) is 18.2 Å². The van der Waals surface area contributed by atoms with Gasteiger partial charge in [-0.15, -0.1) is 0 Å². The first-order chi connectivity index (χ1) is 7.79. The topological polar surface area (TPSA) is 37.8 Å². The highest BCUT2D eigenvalue weighted by atomic mass is 35.5. The fourth-order valence-electron chi connectivity index (χ4n) is 1.46. The monoisotopic (exact) mass is 233 g/mol. The number of halogens is 1. The van der Waals surface area contributed by atoms with Crippen molar-refractivity contribution in [2.24, 2.45) is 0 Å². The Bertz CT molecular complexity index is 471. The van der Waals surface area contributed by atoms with Gasteiger partial charge in [0, 0.05) is 23.1 Å². The molecule has 1 aromatic carbocycles. The Morgan fingerprint density at radius 1 is 1.25 bits per heavy atom. The number of hydrogen-bond donors (Lipinski definition) is 1. The molecule has 0 bridgehead atoms. The van der Waals surface area contributed by atoms with E-state index < -0.39 is 0 Å². The van der Waals surface area contributed by atoms with Gasteiger partial charge in [0.1, 0.15) is 0 Å². The van der Waals surface area contributed by atoms with E-state index in [0.29, 0.717) is 5.95 Å². The summed E-state index contributed by atoms with van der Waals surface area (Å²) >= 11 is 5.94. The number of anilines is 2. The molecule has 1 N–H and O–H groups in total. The van der Waals surface area contributed by atoms with E-state index in [9.17, 15) is 0 Å². The summed E-state index contributed by atoms with van der Waals surface area (Å²) in [5.74, 6) is 0.597. The lowest BCUT2D eigenvalue weighted by molar-refractivity contribution is 1.12. The molecule has 0 fully saturated rings. The SMILES string of the molecule is CCc1cc(Cl)ccc1Nc1ncccn1. The Kier molecular flexibility index (Phi) is 3.37. The van der Waals surface area contributed by atoms with Gasteiger partial charge in [-0.1, -0.05) is 18.5 Å². The zero-order chi connectivity index (χ0) is 11.4. The van der Waals surface area contributed by atoms with E-state index in [1.54, 1.807) is 18.5 Å². The van der Waals surface area contributed by atoms with Crippen LogP contribution in [-0.2, 0) is 6.42 Å². The molecular formula is C12H12ClN3. The highest BCUT2D eigenvalue weighted by Crippen LogP contribution is 2.23. The van der Waals surface area contributed by atoms with Gasteiger partial charge in [-0.25, -0.2) is 9.97 Å². The van der Waals surface area contributed by atoms with Crippen LogP contribution in [0.15, 0.2) is 36.7 Å². The summed E-state index contributed by atoms with van der Waals surface area (Å²) in [5, 5.41) is 3.92. The van der Waals surface area contributed by atoms with E-state index in [-0.39, 0.29) is 0 Å². The molecule has 0 aliphatic rings. The highest BCUT2D eigenvalue weighted by molar-refractivity contribution is 6.30. The lowest BCUT2D eigenvalue weighted by atomic mass is 10.1. The van der Waals surface area contributed by atoms with Gasteiger partial charge in [-0.2, -0.15) is 0 Å².